The largest absolute Gasteiger partial charge is 0.393 e. The van der Waals surface area contributed by atoms with Crippen LogP contribution in [0.25, 0.3) is 0 Å². The summed E-state index contributed by atoms with van der Waals surface area (Å²) in [5.74, 6) is 2.50. The molecule has 4 saturated carbocycles. The summed E-state index contributed by atoms with van der Waals surface area (Å²) in [5.41, 5.74) is 1.90. The standard InChI is InChI=1S/C57H90N2O3/c1-8-9-10-11-12-13-14-15-16-17-18-19-20-21-22-23-24-25-28-33-50(61)58-43-29-26-27-30-44-59-52(62)57-38-31-32-45(2)51(57)46-34-35-48-54(5)39-37-49(60)53(3,4)47(54)36-40-56(48,7)55(46,6)41-42-57/h9-10,12-13,15-16,18-19,21-22,24-25,34,45,47-49,51,60H,8,11,14,17,20,23,26-33,35-44H2,1-7H3,(H,58,61)(H,59,62). The lowest BCUT2D eigenvalue weighted by Gasteiger charge is -2.71. The Morgan fingerprint density at radius 1 is 0.677 bits per heavy atom. The average Bonchev–Trinajstić information content (AvgIpc) is 3.24. The van der Waals surface area contributed by atoms with Crippen LogP contribution in [0.1, 0.15) is 190 Å². The Kier molecular flexibility index (Phi) is 18.8. The van der Waals surface area contributed by atoms with Gasteiger partial charge in [-0.15, -0.1) is 0 Å². The molecule has 9 atom stereocenters. The van der Waals surface area contributed by atoms with Gasteiger partial charge in [0.25, 0.3) is 0 Å². The first-order chi connectivity index (χ1) is 29.8. The SMILES string of the molecule is CCC=CCC=CCC=CCC=CCC=CCC=CCCC(=O)NCCCCCCNC(=O)C12CCCC(C)C1C1=CCC3C4(C)CCC(O)C(C)(C)C4CCC3(C)C1(C)CC2. The molecule has 9 unspecified atom stereocenters. The first-order valence-electron chi connectivity index (χ1n) is 25.6. The van der Waals surface area contributed by atoms with Gasteiger partial charge in [0, 0.05) is 19.5 Å². The van der Waals surface area contributed by atoms with E-state index in [-0.39, 0.29) is 39.1 Å². The maximum atomic E-state index is 14.4. The second kappa shape index (κ2) is 23.3. The number of carbonyl (C=O) groups excluding carboxylic acids is 2. The second-order valence-electron chi connectivity index (χ2n) is 21.6. The molecule has 5 heteroatoms. The summed E-state index contributed by atoms with van der Waals surface area (Å²) >= 11 is 0. The van der Waals surface area contributed by atoms with Crippen LogP contribution in [0, 0.1) is 50.7 Å². The Hall–Kier alpha value is -2.92. The molecular formula is C57H90N2O3. The molecule has 62 heavy (non-hydrogen) atoms. The van der Waals surface area contributed by atoms with Crippen molar-refractivity contribution in [3.8, 4) is 0 Å². The fourth-order valence-electron chi connectivity index (χ4n) is 13.9. The number of rotatable bonds is 22. The summed E-state index contributed by atoms with van der Waals surface area (Å²) in [6.45, 7) is 18.6. The van der Waals surface area contributed by atoms with E-state index in [1.54, 1.807) is 5.57 Å². The molecule has 4 fully saturated rings. The highest BCUT2D eigenvalue weighted by molar-refractivity contribution is 5.84. The second-order valence-corrected chi connectivity index (χ2v) is 21.6. The zero-order valence-corrected chi connectivity index (χ0v) is 40.6. The number of fused-ring (bicyclic) bond motifs is 7. The van der Waals surface area contributed by atoms with Gasteiger partial charge >= 0.3 is 0 Å². The Morgan fingerprint density at radius 3 is 1.87 bits per heavy atom. The molecule has 2 amide bonds. The maximum Gasteiger partial charge on any atom is 0.226 e. The summed E-state index contributed by atoms with van der Waals surface area (Å²) in [4.78, 5) is 26.8. The third-order valence-electron chi connectivity index (χ3n) is 17.6. The van der Waals surface area contributed by atoms with Crippen molar-refractivity contribution in [1.82, 2.24) is 10.6 Å². The first-order valence-corrected chi connectivity index (χ1v) is 25.6. The number of hydrogen-bond acceptors (Lipinski definition) is 3. The van der Waals surface area contributed by atoms with Gasteiger partial charge in [0.2, 0.25) is 11.8 Å². The van der Waals surface area contributed by atoms with Crippen LogP contribution < -0.4 is 10.6 Å². The molecule has 0 aromatic heterocycles. The van der Waals surface area contributed by atoms with Crippen LogP contribution in [0.4, 0.5) is 0 Å². The van der Waals surface area contributed by atoms with Gasteiger partial charge in [0.05, 0.1) is 11.5 Å². The molecule has 5 aliphatic rings. The predicted octanol–water partition coefficient (Wildman–Crippen LogP) is 14.0. The molecule has 5 aliphatic carbocycles. The Bertz CT molecular complexity index is 1660. The summed E-state index contributed by atoms with van der Waals surface area (Å²) in [7, 11) is 0. The highest BCUT2D eigenvalue weighted by Gasteiger charge is 2.69. The molecule has 0 aromatic rings. The van der Waals surface area contributed by atoms with E-state index in [4.69, 9.17) is 0 Å². The van der Waals surface area contributed by atoms with E-state index < -0.39 is 0 Å². The van der Waals surface area contributed by atoms with E-state index in [0.717, 1.165) is 129 Å². The molecule has 0 saturated heterocycles. The highest BCUT2D eigenvalue weighted by Crippen LogP contribution is 2.75. The van der Waals surface area contributed by atoms with Gasteiger partial charge in [-0.25, -0.2) is 0 Å². The minimum absolute atomic E-state index is 0.0378. The number of amides is 2. The van der Waals surface area contributed by atoms with Crippen LogP contribution in [-0.4, -0.2) is 36.1 Å². The van der Waals surface area contributed by atoms with Crippen molar-refractivity contribution in [2.45, 2.75) is 196 Å². The Morgan fingerprint density at radius 2 is 1.26 bits per heavy atom. The minimum atomic E-state index is -0.278. The maximum absolute atomic E-state index is 14.4. The zero-order valence-electron chi connectivity index (χ0n) is 40.6. The molecular weight excluding hydrogens is 761 g/mol. The van der Waals surface area contributed by atoms with Crippen LogP contribution in [-0.2, 0) is 9.59 Å². The summed E-state index contributed by atoms with van der Waals surface area (Å²) in [6, 6.07) is 0. The predicted molar refractivity (Wildman–Crippen MR) is 262 cm³/mol. The van der Waals surface area contributed by atoms with Crippen molar-refractivity contribution in [2.24, 2.45) is 50.7 Å². The zero-order chi connectivity index (χ0) is 44.7. The fourth-order valence-corrected chi connectivity index (χ4v) is 13.9. The average molecular weight is 851 g/mol. The number of aliphatic hydroxyl groups is 1. The van der Waals surface area contributed by atoms with E-state index in [0.29, 0.717) is 36.0 Å². The number of allylic oxidation sites excluding steroid dienone is 14. The van der Waals surface area contributed by atoms with Gasteiger partial charge in [0.15, 0.2) is 0 Å². The molecule has 5 rings (SSSR count). The third-order valence-corrected chi connectivity index (χ3v) is 17.6. The number of nitrogens with one attached hydrogen (secondary N) is 2. The monoisotopic (exact) mass is 851 g/mol. The minimum Gasteiger partial charge on any atom is -0.393 e. The van der Waals surface area contributed by atoms with E-state index in [9.17, 15) is 14.7 Å². The van der Waals surface area contributed by atoms with Gasteiger partial charge in [0.1, 0.15) is 0 Å². The molecule has 0 spiro atoms. The topological polar surface area (TPSA) is 78.4 Å². The Balaban J connectivity index is 0.960. The lowest BCUT2D eigenvalue weighted by Crippen LogP contribution is -2.65. The molecule has 5 nitrogen and oxygen atoms in total. The normalized spacial score (nSPS) is 34.5. The first kappa shape index (κ1) is 50.1. The van der Waals surface area contributed by atoms with Gasteiger partial charge in [-0.05, 0) is 154 Å². The van der Waals surface area contributed by atoms with Crippen LogP contribution >= 0.6 is 0 Å². The van der Waals surface area contributed by atoms with Crippen LogP contribution in [0.15, 0.2) is 84.6 Å². The molecule has 0 aromatic carbocycles. The lowest BCUT2D eigenvalue weighted by atomic mass is 9.33. The van der Waals surface area contributed by atoms with Gasteiger partial charge in [-0.3, -0.25) is 9.59 Å². The lowest BCUT2D eigenvalue weighted by molar-refractivity contribution is -0.203. The highest BCUT2D eigenvalue weighted by atomic mass is 16.3. The smallest absolute Gasteiger partial charge is 0.226 e. The van der Waals surface area contributed by atoms with E-state index in [2.05, 4.69) is 138 Å². The fraction of sp³-hybridized carbons (Fsp3) is 0.719. The van der Waals surface area contributed by atoms with Crippen molar-refractivity contribution in [2.75, 3.05) is 13.1 Å². The molecule has 0 radical (unpaired) electrons. The van der Waals surface area contributed by atoms with E-state index in [1.165, 1.54) is 19.3 Å². The van der Waals surface area contributed by atoms with Crippen molar-refractivity contribution >= 4 is 11.8 Å². The molecule has 346 valence electrons. The molecule has 0 aliphatic heterocycles. The number of aliphatic hydroxyl groups excluding tert-OH is 1. The third kappa shape index (κ3) is 11.5. The van der Waals surface area contributed by atoms with Gasteiger partial charge in [-0.2, -0.15) is 0 Å². The van der Waals surface area contributed by atoms with Gasteiger partial charge < -0.3 is 15.7 Å². The van der Waals surface area contributed by atoms with Crippen molar-refractivity contribution < 1.29 is 14.7 Å². The molecule has 0 heterocycles. The summed E-state index contributed by atoms with van der Waals surface area (Å²) < 4.78 is 0. The van der Waals surface area contributed by atoms with E-state index in [1.807, 2.05) is 0 Å². The number of hydrogen-bond donors (Lipinski definition) is 3. The quantitative estimate of drug-likeness (QED) is 0.0750. The molecule has 0 bridgehead atoms. The van der Waals surface area contributed by atoms with Crippen molar-refractivity contribution in [3.63, 3.8) is 0 Å². The van der Waals surface area contributed by atoms with Crippen LogP contribution in [0.2, 0.25) is 0 Å². The summed E-state index contributed by atoms with van der Waals surface area (Å²) in [5, 5.41) is 17.7. The number of unbranched alkanes of at least 4 members (excludes halogenated alkanes) is 3. The van der Waals surface area contributed by atoms with Crippen LogP contribution in [0.3, 0.4) is 0 Å². The van der Waals surface area contributed by atoms with Crippen molar-refractivity contribution in [1.29, 1.82) is 0 Å². The van der Waals surface area contributed by atoms with E-state index >= 15 is 0 Å². The van der Waals surface area contributed by atoms with Crippen molar-refractivity contribution in [3.05, 3.63) is 84.6 Å². The Labute approximate surface area is 380 Å². The van der Waals surface area contributed by atoms with Crippen LogP contribution in [0.5, 0.6) is 0 Å². The molecule has 3 N–H and O–H groups in total. The van der Waals surface area contributed by atoms with Gasteiger partial charge in [-0.1, -0.05) is 159 Å². The summed E-state index contributed by atoms with van der Waals surface area (Å²) in [6.07, 6.45) is 51.4. The number of carbonyl (C=O) groups is 2.